The fourth-order valence-electron chi connectivity index (χ4n) is 3.64. The zero-order valence-corrected chi connectivity index (χ0v) is 24.6. The van der Waals surface area contributed by atoms with Gasteiger partial charge in [0.25, 0.3) is 16.0 Å². The molecule has 38 heavy (non-hydrogen) atoms. The number of benzene rings is 4. The van der Waals surface area contributed by atoms with Crippen LogP contribution in [0.1, 0.15) is 15.9 Å². The van der Waals surface area contributed by atoms with Crippen molar-refractivity contribution in [3.8, 4) is 11.5 Å². The van der Waals surface area contributed by atoms with Crippen LogP contribution in [0.15, 0.2) is 75.8 Å². The van der Waals surface area contributed by atoms with Crippen LogP contribution in [0, 0.1) is 6.92 Å². The monoisotopic (exact) mass is 581 g/mol. The van der Waals surface area contributed by atoms with E-state index in [1.807, 2.05) is 0 Å². The standard InChI is InChI=1S/C25H19Cl2N3O6S.Na/c1-13-9-15(26)11-21(37(33,34)35)22(13)29-30-23-17-6-4-3-5-14(17)10-18(24(23)31)25(32)28-16-7-8-19(27)20(12-16)36-2;/h3-12,31H,1-2H3,(H,28,32)(H,33,34,35);/q;+1/p-1. The molecule has 4 rings (SSSR count). The van der Waals surface area contributed by atoms with Gasteiger partial charge >= 0.3 is 29.6 Å². The second-order valence-electron chi connectivity index (χ2n) is 7.87. The number of carbonyl (C=O) groups excluding carboxylic acids is 1. The molecular weight excluding hydrogens is 564 g/mol. The van der Waals surface area contributed by atoms with E-state index >= 15 is 0 Å². The molecule has 0 bridgehead atoms. The molecule has 13 heteroatoms. The Labute approximate surface area is 250 Å². The molecule has 0 saturated carbocycles. The topological polar surface area (TPSA) is 140 Å². The predicted octanol–water partition coefficient (Wildman–Crippen LogP) is 3.46. The number of methoxy groups -OCH3 is 1. The smallest absolute Gasteiger partial charge is 0.870 e. The van der Waals surface area contributed by atoms with Crippen molar-refractivity contribution in [2.45, 2.75) is 11.8 Å². The Bertz CT molecular complexity index is 1700. The van der Waals surface area contributed by atoms with Crippen molar-refractivity contribution < 1.29 is 57.2 Å². The Balaban J connectivity index is 0.00000400. The molecule has 0 atom stereocenters. The molecule has 0 heterocycles. The molecule has 9 nitrogen and oxygen atoms in total. The number of nitrogens with zero attached hydrogens (tertiary/aromatic N) is 2. The minimum Gasteiger partial charge on any atom is -0.870 e. The van der Waals surface area contributed by atoms with Gasteiger partial charge in [0.1, 0.15) is 16.3 Å². The Morgan fingerprint density at radius 3 is 2.39 bits per heavy atom. The summed E-state index contributed by atoms with van der Waals surface area (Å²) in [6, 6.07) is 15.2. The van der Waals surface area contributed by atoms with Gasteiger partial charge in [0.15, 0.2) is 0 Å². The molecule has 0 aliphatic carbocycles. The molecule has 0 saturated heterocycles. The Kier molecular flexibility index (Phi) is 9.43. The van der Waals surface area contributed by atoms with Gasteiger partial charge in [0.2, 0.25) is 0 Å². The average molecular weight is 582 g/mol. The summed E-state index contributed by atoms with van der Waals surface area (Å²) in [6.07, 6.45) is 0. The normalized spacial score (nSPS) is 11.4. The van der Waals surface area contributed by atoms with Crippen molar-refractivity contribution in [1.29, 1.82) is 0 Å². The van der Waals surface area contributed by atoms with Crippen molar-refractivity contribution in [2.24, 2.45) is 10.2 Å². The number of nitrogens with one attached hydrogen (secondary N) is 1. The second kappa shape index (κ2) is 12.0. The summed E-state index contributed by atoms with van der Waals surface area (Å²) in [5.74, 6) is -1.11. The Morgan fingerprint density at radius 2 is 1.71 bits per heavy atom. The molecule has 0 aliphatic heterocycles. The second-order valence-corrected chi connectivity index (χ2v) is 10.1. The first kappa shape index (κ1) is 29.9. The summed E-state index contributed by atoms with van der Waals surface area (Å²) >= 11 is 12.0. The van der Waals surface area contributed by atoms with Crippen LogP contribution in [0.4, 0.5) is 17.1 Å². The van der Waals surface area contributed by atoms with Crippen molar-refractivity contribution in [3.63, 3.8) is 0 Å². The predicted molar refractivity (Wildman–Crippen MR) is 140 cm³/mol. The van der Waals surface area contributed by atoms with E-state index in [0.29, 0.717) is 32.8 Å². The minimum atomic E-state index is -4.70. The van der Waals surface area contributed by atoms with E-state index in [0.717, 1.165) is 6.07 Å². The van der Waals surface area contributed by atoms with Gasteiger partial charge in [-0.3, -0.25) is 9.35 Å². The van der Waals surface area contributed by atoms with Gasteiger partial charge in [-0.2, -0.15) is 13.5 Å². The zero-order chi connectivity index (χ0) is 26.9. The zero-order valence-electron chi connectivity index (χ0n) is 20.3. The summed E-state index contributed by atoms with van der Waals surface area (Å²) in [7, 11) is -3.27. The Morgan fingerprint density at radius 1 is 1.03 bits per heavy atom. The first-order valence-electron chi connectivity index (χ1n) is 10.6. The molecule has 0 aliphatic rings. The van der Waals surface area contributed by atoms with Crippen molar-refractivity contribution in [1.82, 2.24) is 0 Å². The first-order chi connectivity index (χ1) is 17.5. The van der Waals surface area contributed by atoms with E-state index in [9.17, 15) is 22.9 Å². The molecule has 1 amide bonds. The van der Waals surface area contributed by atoms with Crippen LogP contribution in [-0.2, 0) is 10.1 Å². The summed E-state index contributed by atoms with van der Waals surface area (Å²) in [6.45, 7) is 1.52. The SMILES string of the molecule is COc1cc(NC(=O)c2cc3ccccc3c(N=Nc3c(C)cc(Cl)cc3S(=O)(=O)O)c2[O-])ccc1Cl.[Na+]. The number of halogens is 2. The largest absolute Gasteiger partial charge is 1.00 e. The minimum absolute atomic E-state index is 0. The average Bonchev–Trinajstić information content (AvgIpc) is 2.84. The van der Waals surface area contributed by atoms with Crippen LogP contribution >= 0.6 is 23.2 Å². The van der Waals surface area contributed by atoms with E-state index in [-0.39, 0.29) is 51.5 Å². The number of carbonyl (C=O) groups is 1. The number of aryl methyl sites for hydroxylation is 1. The van der Waals surface area contributed by atoms with Gasteiger partial charge < -0.3 is 15.2 Å². The van der Waals surface area contributed by atoms with Gasteiger partial charge in [-0.25, -0.2) is 0 Å². The number of amides is 1. The number of azo groups is 1. The summed E-state index contributed by atoms with van der Waals surface area (Å²) in [4.78, 5) is 12.5. The molecule has 0 fully saturated rings. The van der Waals surface area contributed by atoms with Gasteiger partial charge in [-0.05, 0) is 48.2 Å². The van der Waals surface area contributed by atoms with Crippen LogP contribution in [0.25, 0.3) is 10.8 Å². The van der Waals surface area contributed by atoms with Crippen LogP contribution in [0.3, 0.4) is 0 Å². The van der Waals surface area contributed by atoms with E-state index < -0.39 is 26.7 Å². The number of anilines is 1. The fourth-order valence-corrected chi connectivity index (χ4v) is 4.90. The van der Waals surface area contributed by atoms with Gasteiger partial charge in [0.05, 0.1) is 17.8 Å². The summed E-state index contributed by atoms with van der Waals surface area (Å²) in [5.41, 5.74) is 0.0400. The molecule has 0 radical (unpaired) electrons. The maximum Gasteiger partial charge on any atom is 1.00 e. The molecule has 2 N–H and O–H groups in total. The van der Waals surface area contributed by atoms with Crippen LogP contribution in [0.5, 0.6) is 11.5 Å². The number of fused-ring (bicyclic) bond motifs is 1. The maximum atomic E-state index is 13.4. The third-order valence-electron chi connectivity index (χ3n) is 5.39. The number of rotatable bonds is 6. The molecule has 190 valence electrons. The first-order valence-corrected chi connectivity index (χ1v) is 12.8. The third kappa shape index (κ3) is 6.29. The number of hydrogen-bond acceptors (Lipinski definition) is 7. The van der Waals surface area contributed by atoms with Crippen LogP contribution < -0.4 is 44.7 Å². The van der Waals surface area contributed by atoms with E-state index in [4.69, 9.17) is 27.9 Å². The molecule has 0 spiro atoms. The maximum absolute atomic E-state index is 13.4. The van der Waals surface area contributed by atoms with E-state index in [1.165, 1.54) is 38.3 Å². The van der Waals surface area contributed by atoms with Crippen molar-refractivity contribution >= 4 is 67.1 Å². The summed E-state index contributed by atoms with van der Waals surface area (Å²) < 4.78 is 38.6. The van der Waals surface area contributed by atoms with Gasteiger partial charge in [-0.15, -0.1) is 5.11 Å². The molecule has 0 unspecified atom stereocenters. The van der Waals surface area contributed by atoms with Crippen LogP contribution in [0.2, 0.25) is 10.0 Å². The molecule has 4 aromatic carbocycles. The summed E-state index contributed by atoms with van der Waals surface area (Å²) in [5, 5.41) is 25.4. The molecule has 4 aromatic rings. The fraction of sp³-hybridized carbons (Fsp3) is 0.0800. The number of ether oxygens (including phenoxy) is 1. The number of hydrogen-bond donors (Lipinski definition) is 2. The Hall–Kier alpha value is -2.70. The van der Waals surface area contributed by atoms with Crippen LogP contribution in [-0.4, -0.2) is 26.0 Å². The molecule has 0 aromatic heterocycles. The van der Waals surface area contributed by atoms with Crippen molar-refractivity contribution in [3.05, 3.63) is 81.8 Å². The van der Waals surface area contributed by atoms with Gasteiger partial charge in [0, 0.05) is 27.7 Å². The molecular formula is C25H18Cl2N3NaO6S. The third-order valence-corrected chi connectivity index (χ3v) is 6.78. The van der Waals surface area contributed by atoms with Gasteiger partial charge in [-0.1, -0.05) is 53.2 Å². The quantitative estimate of drug-likeness (QED) is 0.203. The van der Waals surface area contributed by atoms with E-state index in [1.54, 1.807) is 30.3 Å². The van der Waals surface area contributed by atoms with E-state index in [2.05, 4.69) is 15.5 Å². The van der Waals surface area contributed by atoms with Crippen molar-refractivity contribution in [2.75, 3.05) is 12.4 Å².